The summed E-state index contributed by atoms with van der Waals surface area (Å²) in [7, 11) is 0. The van der Waals surface area contributed by atoms with Crippen LogP contribution in [0.1, 0.15) is 18.4 Å². The van der Waals surface area contributed by atoms with Crippen LogP contribution in [-0.4, -0.2) is 29.0 Å². The van der Waals surface area contributed by atoms with Crippen LogP contribution in [0.5, 0.6) is 0 Å². The third-order valence-electron chi connectivity index (χ3n) is 4.97. The van der Waals surface area contributed by atoms with Crippen molar-refractivity contribution in [3.63, 3.8) is 0 Å². The summed E-state index contributed by atoms with van der Waals surface area (Å²) in [5.41, 5.74) is 2.98. The number of rotatable bonds is 3. The third-order valence-corrected chi connectivity index (χ3v) is 4.97. The van der Waals surface area contributed by atoms with E-state index in [2.05, 4.69) is 26.3 Å². The molecule has 2 aromatic carbocycles. The number of anilines is 2. The van der Waals surface area contributed by atoms with Crippen molar-refractivity contribution in [3.8, 4) is 0 Å². The van der Waals surface area contributed by atoms with Crippen molar-refractivity contribution in [1.82, 2.24) is 9.97 Å². The van der Waals surface area contributed by atoms with E-state index in [1.165, 1.54) is 0 Å². The molecule has 3 aromatic rings. The van der Waals surface area contributed by atoms with Gasteiger partial charge in [0.25, 0.3) is 0 Å². The Morgan fingerprint density at radius 2 is 1.88 bits per heavy atom. The van der Waals surface area contributed by atoms with Crippen LogP contribution in [0.3, 0.4) is 0 Å². The van der Waals surface area contributed by atoms with E-state index in [4.69, 9.17) is 0 Å². The van der Waals surface area contributed by atoms with Gasteiger partial charge >= 0.3 is 0 Å². The van der Waals surface area contributed by atoms with Gasteiger partial charge < -0.3 is 10.2 Å². The van der Waals surface area contributed by atoms with Crippen molar-refractivity contribution >= 4 is 28.3 Å². The molecular formula is C21H22N4O. The van der Waals surface area contributed by atoms with E-state index in [9.17, 15) is 4.79 Å². The molecule has 5 heteroatoms. The zero-order valence-corrected chi connectivity index (χ0v) is 14.9. The predicted octanol–water partition coefficient (Wildman–Crippen LogP) is 3.79. The molecule has 0 saturated carbocycles. The second-order valence-electron chi connectivity index (χ2n) is 6.83. The van der Waals surface area contributed by atoms with Crippen LogP contribution in [-0.2, 0) is 4.79 Å². The Bertz CT molecular complexity index is 927. The summed E-state index contributed by atoms with van der Waals surface area (Å²) in [5, 5.41) is 4.12. The number of benzene rings is 2. The second-order valence-corrected chi connectivity index (χ2v) is 6.83. The Hall–Kier alpha value is -2.95. The molecule has 1 aromatic heterocycles. The highest BCUT2D eigenvalue weighted by atomic mass is 16.1. The fourth-order valence-corrected chi connectivity index (χ4v) is 3.56. The summed E-state index contributed by atoms with van der Waals surface area (Å²) in [4.78, 5) is 23.7. The minimum absolute atomic E-state index is 0.0415. The number of aromatic nitrogens is 2. The molecule has 0 atom stereocenters. The Morgan fingerprint density at radius 1 is 1.08 bits per heavy atom. The number of fused-ring (bicyclic) bond motifs is 1. The molecule has 5 nitrogen and oxygen atoms in total. The molecule has 0 bridgehead atoms. The number of hydrogen-bond acceptors (Lipinski definition) is 4. The second kappa shape index (κ2) is 7.12. The van der Waals surface area contributed by atoms with Gasteiger partial charge in [0.2, 0.25) is 5.91 Å². The van der Waals surface area contributed by atoms with Crippen molar-refractivity contribution in [2.24, 2.45) is 5.92 Å². The van der Waals surface area contributed by atoms with Crippen LogP contribution in [0.2, 0.25) is 0 Å². The van der Waals surface area contributed by atoms with Gasteiger partial charge in [-0.15, -0.1) is 0 Å². The van der Waals surface area contributed by atoms with Crippen LogP contribution >= 0.6 is 0 Å². The van der Waals surface area contributed by atoms with Gasteiger partial charge in [0, 0.05) is 30.1 Å². The Morgan fingerprint density at radius 3 is 2.69 bits per heavy atom. The maximum Gasteiger partial charge on any atom is 0.227 e. The first-order chi connectivity index (χ1) is 12.7. The van der Waals surface area contributed by atoms with Crippen molar-refractivity contribution in [2.75, 3.05) is 23.3 Å². The summed E-state index contributed by atoms with van der Waals surface area (Å²) >= 11 is 0. The van der Waals surface area contributed by atoms with E-state index in [-0.39, 0.29) is 11.8 Å². The normalized spacial score (nSPS) is 15.2. The SMILES string of the molecule is Cc1cccc(NC(=O)C2CCN(c3ncnc4ccccc34)CC2)c1. The van der Waals surface area contributed by atoms with Crippen LogP contribution in [0.4, 0.5) is 11.5 Å². The molecular weight excluding hydrogens is 324 g/mol. The lowest BCUT2D eigenvalue weighted by Crippen LogP contribution is -2.38. The zero-order chi connectivity index (χ0) is 17.9. The molecule has 1 N–H and O–H groups in total. The molecule has 0 aliphatic carbocycles. The first-order valence-corrected chi connectivity index (χ1v) is 9.03. The van der Waals surface area contributed by atoms with Gasteiger partial charge in [-0.25, -0.2) is 9.97 Å². The fraction of sp³-hybridized carbons (Fsp3) is 0.286. The van der Waals surface area contributed by atoms with Gasteiger partial charge in [-0.1, -0.05) is 24.3 Å². The number of hydrogen-bond donors (Lipinski definition) is 1. The highest BCUT2D eigenvalue weighted by molar-refractivity contribution is 5.93. The Labute approximate surface area is 153 Å². The number of piperidine rings is 1. The van der Waals surface area contributed by atoms with E-state index in [1.807, 2.05) is 49.4 Å². The molecule has 1 fully saturated rings. The molecule has 1 aliphatic rings. The molecule has 1 aliphatic heterocycles. The first-order valence-electron chi connectivity index (χ1n) is 9.03. The number of carbonyl (C=O) groups excluding carboxylic acids is 1. The van der Waals surface area contributed by atoms with Crippen molar-refractivity contribution in [1.29, 1.82) is 0 Å². The van der Waals surface area contributed by atoms with Crippen molar-refractivity contribution in [2.45, 2.75) is 19.8 Å². The standard InChI is InChI=1S/C21H22N4O/c1-15-5-4-6-17(13-15)24-21(26)16-9-11-25(12-10-16)20-18-7-2-3-8-19(18)22-14-23-20/h2-8,13-14,16H,9-12H2,1H3,(H,24,26). The summed E-state index contributed by atoms with van der Waals surface area (Å²) in [5.74, 6) is 1.12. The molecule has 26 heavy (non-hydrogen) atoms. The number of carbonyl (C=O) groups is 1. The number of aryl methyl sites for hydroxylation is 1. The lowest BCUT2D eigenvalue weighted by molar-refractivity contribution is -0.120. The van der Waals surface area contributed by atoms with E-state index < -0.39 is 0 Å². The minimum Gasteiger partial charge on any atom is -0.356 e. The zero-order valence-electron chi connectivity index (χ0n) is 14.9. The van der Waals surface area contributed by atoms with Crippen LogP contribution in [0, 0.1) is 12.8 Å². The van der Waals surface area contributed by atoms with E-state index in [0.29, 0.717) is 0 Å². The molecule has 1 amide bonds. The maximum atomic E-state index is 12.6. The average molecular weight is 346 g/mol. The largest absolute Gasteiger partial charge is 0.356 e. The fourth-order valence-electron chi connectivity index (χ4n) is 3.56. The van der Waals surface area contributed by atoms with E-state index in [0.717, 1.165) is 53.9 Å². The Kier molecular flexibility index (Phi) is 4.52. The Balaban J connectivity index is 1.43. The first kappa shape index (κ1) is 16.5. The highest BCUT2D eigenvalue weighted by Crippen LogP contribution is 2.27. The third kappa shape index (κ3) is 3.38. The van der Waals surface area contributed by atoms with Gasteiger partial charge in [-0.05, 0) is 49.6 Å². The van der Waals surface area contributed by atoms with Crippen molar-refractivity contribution < 1.29 is 4.79 Å². The number of nitrogens with one attached hydrogen (secondary N) is 1. The lowest BCUT2D eigenvalue weighted by Gasteiger charge is -2.32. The number of nitrogens with zero attached hydrogens (tertiary/aromatic N) is 3. The molecule has 0 radical (unpaired) electrons. The van der Waals surface area contributed by atoms with Crippen LogP contribution < -0.4 is 10.2 Å². The monoisotopic (exact) mass is 346 g/mol. The predicted molar refractivity (Wildman–Crippen MR) is 104 cm³/mol. The quantitative estimate of drug-likeness (QED) is 0.784. The maximum absolute atomic E-state index is 12.6. The van der Waals surface area contributed by atoms with E-state index in [1.54, 1.807) is 6.33 Å². The molecule has 132 valence electrons. The minimum atomic E-state index is 0.0415. The van der Waals surface area contributed by atoms with Crippen molar-refractivity contribution in [3.05, 3.63) is 60.4 Å². The number of amides is 1. The smallest absolute Gasteiger partial charge is 0.227 e. The van der Waals surface area contributed by atoms with E-state index >= 15 is 0 Å². The molecule has 2 heterocycles. The van der Waals surface area contributed by atoms with Gasteiger partial charge in [-0.3, -0.25) is 4.79 Å². The summed E-state index contributed by atoms with van der Waals surface area (Å²) in [6.45, 7) is 3.68. The van der Waals surface area contributed by atoms with Gasteiger partial charge in [0.05, 0.1) is 5.52 Å². The molecule has 0 spiro atoms. The molecule has 1 saturated heterocycles. The van der Waals surface area contributed by atoms with Gasteiger partial charge in [0.1, 0.15) is 12.1 Å². The average Bonchev–Trinajstić information content (AvgIpc) is 2.68. The summed E-state index contributed by atoms with van der Waals surface area (Å²) in [6.07, 6.45) is 3.28. The molecule has 0 unspecified atom stereocenters. The highest BCUT2D eigenvalue weighted by Gasteiger charge is 2.26. The lowest BCUT2D eigenvalue weighted by atomic mass is 9.95. The number of para-hydroxylation sites is 1. The topological polar surface area (TPSA) is 58.1 Å². The van der Waals surface area contributed by atoms with Crippen LogP contribution in [0.25, 0.3) is 10.9 Å². The van der Waals surface area contributed by atoms with Gasteiger partial charge in [-0.2, -0.15) is 0 Å². The summed E-state index contributed by atoms with van der Waals surface area (Å²) < 4.78 is 0. The van der Waals surface area contributed by atoms with Crippen LogP contribution in [0.15, 0.2) is 54.9 Å². The summed E-state index contributed by atoms with van der Waals surface area (Å²) in [6, 6.07) is 16.0. The van der Waals surface area contributed by atoms with Gasteiger partial charge in [0.15, 0.2) is 0 Å². The molecule has 4 rings (SSSR count).